The third kappa shape index (κ3) is 5.49. The molecular weight excluding hydrogens is 390 g/mol. The van der Waals surface area contributed by atoms with E-state index in [1.165, 1.54) is 4.31 Å². The van der Waals surface area contributed by atoms with Gasteiger partial charge in [0, 0.05) is 38.3 Å². The van der Waals surface area contributed by atoms with Crippen LogP contribution in [0.5, 0.6) is 5.75 Å². The van der Waals surface area contributed by atoms with Gasteiger partial charge in [0.1, 0.15) is 5.75 Å². The van der Waals surface area contributed by atoms with Crippen LogP contribution in [-0.2, 0) is 21.5 Å². The van der Waals surface area contributed by atoms with Gasteiger partial charge in [-0.2, -0.15) is 17.0 Å². The molecule has 1 atom stereocenters. The van der Waals surface area contributed by atoms with E-state index in [4.69, 9.17) is 4.74 Å². The van der Waals surface area contributed by atoms with Crippen LogP contribution < -0.4 is 10.1 Å². The van der Waals surface area contributed by atoms with Gasteiger partial charge in [-0.3, -0.25) is 4.79 Å². The Morgan fingerprint density at radius 1 is 1.14 bits per heavy atom. The molecule has 1 aromatic rings. The van der Waals surface area contributed by atoms with Gasteiger partial charge in [0.25, 0.3) is 10.2 Å². The van der Waals surface area contributed by atoms with Crippen LogP contribution in [-0.4, -0.2) is 55.7 Å². The molecule has 2 aliphatic heterocycles. The molecule has 2 heterocycles. The molecule has 1 N–H and O–H groups in total. The molecule has 3 rings (SSSR count). The van der Waals surface area contributed by atoms with Crippen molar-refractivity contribution in [2.45, 2.75) is 46.1 Å². The molecule has 8 heteroatoms. The van der Waals surface area contributed by atoms with E-state index in [2.05, 4.69) is 12.2 Å². The maximum atomic E-state index is 13.0. The molecule has 0 aliphatic carbocycles. The van der Waals surface area contributed by atoms with Crippen molar-refractivity contribution in [3.63, 3.8) is 0 Å². The number of amides is 1. The summed E-state index contributed by atoms with van der Waals surface area (Å²) in [5, 5.41) is 2.97. The number of carbonyl (C=O) groups is 1. The number of rotatable bonds is 7. The van der Waals surface area contributed by atoms with Gasteiger partial charge in [0.2, 0.25) is 5.91 Å². The Morgan fingerprint density at radius 2 is 1.86 bits per heavy atom. The summed E-state index contributed by atoms with van der Waals surface area (Å²) < 4.78 is 34.7. The molecule has 1 aromatic carbocycles. The molecule has 0 unspecified atom stereocenters. The largest absolute Gasteiger partial charge is 0.494 e. The first kappa shape index (κ1) is 22.1. The van der Waals surface area contributed by atoms with Gasteiger partial charge in [-0.1, -0.05) is 25.1 Å². The maximum absolute atomic E-state index is 13.0. The SMILES string of the molecule is CCOc1ccccc1CNC(=O)[C@@H]1CCCN(S(=O)(=O)N2CCC(C)CC2)C1. The highest BCUT2D eigenvalue weighted by atomic mass is 32.2. The quantitative estimate of drug-likeness (QED) is 0.730. The van der Waals surface area contributed by atoms with Gasteiger partial charge in [-0.05, 0) is 44.6 Å². The molecule has 0 bridgehead atoms. The van der Waals surface area contributed by atoms with E-state index in [1.807, 2.05) is 31.2 Å². The normalized spacial score (nSPS) is 22.3. The van der Waals surface area contributed by atoms with Crippen LogP contribution in [0.3, 0.4) is 0 Å². The lowest BCUT2D eigenvalue weighted by Crippen LogP contribution is -2.52. The highest BCUT2D eigenvalue weighted by molar-refractivity contribution is 7.86. The van der Waals surface area contributed by atoms with Gasteiger partial charge in [-0.15, -0.1) is 0 Å². The van der Waals surface area contributed by atoms with E-state index in [-0.39, 0.29) is 18.4 Å². The number of nitrogens with zero attached hydrogens (tertiary/aromatic N) is 2. The Balaban J connectivity index is 1.58. The number of hydrogen-bond acceptors (Lipinski definition) is 4. The molecule has 162 valence electrons. The van der Waals surface area contributed by atoms with Crippen molar-refractivity contribution in [2.75, 3.05) is 32.8 Å². The third-order valence-corrected chi connectivity index (χ3v) is 7.88. The van der Waals surface area contributed by atoms with E-state index in [1.54, 1.807) is 4.31 Å². The van der Waals surface area contributed by atoms with Crippen molar-refractivity contribution >= 4 is 16.1 Å². The average molecular weight is 424 g/mol. The summed E-state index contributed by atoms with van der Waals surface area (Å²) in [5.41, 5.74) is 0.922. The zero-order valence-electron chi connectivity index (χ0n) is 17.5. The van der Waals surface area contributed by atoms with Crippen LogP contribution in [0.15, 0.2) is 24.3 Å². The zero-order chi connectivity index (χ0) is 20.9. The van der Waals surface area contributed by atoms with E-state index >= 15 is 0 Å². The first-order valence-corrected chi connectivity index (χ1v) is 12.0. The van der Waals surface area contributed by atoms with Crippen molar-refractivity contribution in [3.05, 3.63) is 29.8 Å². The van der Waals surface area contributed by atoms with Crippen molar-refractivity contribution in [1.29, 1.82) is 0 Å². The lowest BCUT2D eigenvalue weighted by molar-refractivity contribution is -0.126. The fraction of sp³-hybridized carbons (Fsp3) is 0.667. The van der Waals surface area contributed by atoms with Gasteiger partial charge in [-0.25, -0.2) is 0 Å². The summed E-state index contributed by atoms with van der Waals surface area (Å²) in [6, 6.07) is 7.64. The van der Waals surface area contributed by atoms with E-state index in [9.17, 15) is 13.2 Å². The highest BCUT2D eigenvalue weighted by Crippen LogP contribution is 2.25. The predicted molar refractivity (Wildman–Crippen MR) is 113 cm³/mol. The first-order valence-electron chi connectivity index (χ1n) is 10.7. The average Bonchev–Trinajstić information content (AvgIpc) is 2.73. The number of para-hydroxylation sites is 1. The number of ether oxygens (including phenoxy) is 1. The maximum Gasteiger partial charge on any atom is 0.281 e. The van der Waals surface area contributed by atoms with Crippen LogP contribution >= 0.6 is 0 Å². The summed E-state index contributed by atoms with van der Waals surface area (Å²) in [6.45, 7) is 6.93. The zero-order valence-corrected chi connectivity index (χ0v) is 18.3. The second-order valence-corrected chi connectivity index (χ2v) is 9.97. The van der Waals surface area contributed by atoms with Crippen molar-refractivity contribution in [3.8, 4) is 5.75 Å². The van der Waals surface area contributed by atoms with Crippen LogP contribution in [0.1, 0.15) is 45.1 Å². The van der Waals surface area contributed by atoms with Gasteiger partial charge < -0.3 is 10.1 Å². The summed E-state index contributed by atoms with van der Waals surface area (Å²) in [5.74, 6) is 0.924. The Kier molecular flexibility index (Phi) is 7.54. The van der Waals surface area contributed by atoms with E-state index in [0.29, 0.717) is 51.5 Å². The smallest absolute Gasteiger partial charge is 0.281 e. The number of hydrogen-bond donors (Lipinski definition) is 1. The standard InChI is InChI=1S/C21H33N3O4S/c1-3-28-20-9-5-4-7-18(20)15-22-21(25)19-8-6-12-24(16-19)29(26,27)23-13-10-17(2)11-14-23/h4-5,7,9,17,19H,3,6,8,10-16H2,1-2H3,(H,22,25)/t19-/m1/s1. The molecule has 2 saturated heterocycles. The minimum absolute atomic E-state index is 0.0940. The minimum Gasteiger partial charge on any atom is -0.494 e. The van der Waals surface area contributed by atoms with Crippen molar-refractivity contribution in [1.82, 2.24) is 13.9 Å². The van der Waals surface area contributed by atoms with Crippen LogP contribution in [0.2, 0.25) is 0 Å². The molecule has 0 spiro atoms. The number of benzene rings is 1. The monoisotopic (exact) mass is 423 g/mol. The Bertz CT molecular complexity index is 791. The fourth-order valence-electron chi connectivity index (χ4n) is 4.02. The molecule has 2 aliphatic rings. The van der Waals surface area contributed by atoms with Crippen molar-refractivity contribution < 1.29 is 17.9 Å². The second-order valence-electron chi connectivity index (χ2n) is 8.05. The van der Waals surface area contributed by atoms with Crippen LogP contribution in [0.25, 0.3) is 0 Å². The van der Waals surface area contributed by atoms with E-state index < -0.39 is 10.2 Å². The Morgan fingerprint density at radius 3 is 2.59 bits per heavy atom. The van der Waals surface area contributed by atoms with E-state index in [0.717, 1.165) is 24.2 Å². The molecule has 2 fully saturated rings. The second kappa shape index (κ2) is 9.91. The molecule has 0 saturated carbocycles. The molecule has 0 radical (unpaired) electrons. The molecule has 29 heavy (non-hydrogen) atoms. The molecule has 1 amide bonds. The lowest BCUT2D eigenvalue weighted by Gasteiger charge is -2.37. The predicted octanol–water partition coefficient (Wildman–Crippen LogP) is 2.39. The summed E-state index contributed by atoms with van der Waals surface area (Å²) in [6.07, 6.45) is 3.21. The Hall–Kier alpha value is -1.64. The highest BCUT2D eigenvalue weighted by Gasteiger charge is 2.36. The fourth-order valence-corrected chi connectivity index (χ4v) is 5.74. The summed E-state index contributed by atoms with van der Waals surface area (Å²) >= 11 is 0. The lowest BCUT2D eigenvalue weighted by atomic mass is 9.98. The summed E-state index contributed by atoms with van der Waals surface area (Å²) in [4.78, 5) is 12.7. The summed E-state index contributed by atoms with van der Waals surface area (Å²) in [7, 11) is -3.49. The minimum atomic E-state index is -3.49. The van der Waals surface area contributed by atoms with Crippen LogP contribution in [0.4, 0.5) is 0 Å². The number of piperidine rings is 2. The molecule has 0 aromatic heterocycles. The van der Waals surface area contributed by atoms with Crippen molar-refractivity contribution in [2.24, 2.45) is 11.8 Å². The third-order valence-electron chi connectivity index (χ3n) is 5.88. The van der Waals surface area contributed by atoms with Gasteiger partial charge >= 0.3 is 0 Å². The van der Waals surface area contributed by atoms with Crippen LogP contribution in [0, 0.1) is 11.8 Å². The van der Waals surface area contributed by atoms with Gasteiger partial charge in [0.15, 0.2) is 0 Å². The number of nitrogens with one attached hydrogen (secondary N) is 1. The first-order chi connectivity index (χ1) is 13.9. The molecule has 7 nitrogen and oxygen atoms in total. The Labute approximate surface area is 174 Å². The number of carbonyl (C=O) groups excluding carboxylic acids is 1. The topological polar surface area (TPSA) is 79.0 Å². The van der Waals surface area contributed by atoms with Gasteiger partial charge in [0.05, 0.1) is 12.5 Å². The molecular formula is C21H33N3O4S.